The van der Waals surface area contributed by atoms with Crippen LogP contribution < -0.4 is 0 Å². The third-order valence-electron chi connectivity index (χ3n) is 1.13. The molecule has 0 spiro atoms. The van der Waals surface area contributed by atoms with Gasteiger partial charge in [0.15, 0.2) is 0 Å². The van der Waals surface area contributed by atoms with Gasteiger partial charge < -0.3 is 0 Å². The average molecular weight is 182 g/mol. The molecule has 0 saturated heterocycles. The Morgan fingerprint density at radius 3 is 2.20 bits per heavy atom. The average Bonchev–Trinajstić information content (AvgIpc) is 1.87. The highest BCUT2D eigenvalue weighted by atomic mass is 32.2. The minimum absolute atomic E-state index is 0.678. The highest BCUT2D eigenvalue weighted by Gasteiger charge is 1.96. The van der Waals surface area contributed by atoms with E-state index in [-0.39, 0.29) is 0 Å². The normalized spacial score (nSPS) is 16.6. The van der Waals surface area contributed by atoms with Gasteiger partial charge in [-0.25, -0.2) is 0 Å². The molecule has 0 fully saturated rings. The molecule has 0 aromatic rings. The van der Waals surface area contributed by atoms with Crippen LogP contribution in [0.25, 0.3) is 0 Å². The van der Waals surface area contributed by atoms with Crippen LogP contribution >= 0.6 is 0 Å². The van der Waals surface area contributed by atoms with Crippen molar-refractivity contribution in [3.05, 3.63) is 0 Å². The molecule has 0 saturated carbocycles. The van der Waals surface area contributed by atoms with Crippen molar-refractivity contribution < 1.29 is 8.42 Å². The van der Waals surface area contributed by atoms with Gasteiger partial charge in [-0.05, 0) is 6.42 Å². The van der Waals surface area contributed by atoms with E-state index in [4.69, 9.17) is 0 Å². The molecule has 0 N–H and O–H groups in total. The maximum absolute atomic E-state index is 10.8. The van der Waals surface area contributed by atoms with E-state index in [1.54, 1.807) is 6.26 Å². The topological polar surface area (TPSA) is 34.1 Å². The van der Waals surface area contributed by atoms with E-state index in [1.165, 1.54) is 0 Å². The van der Waals surface area contributed by atoms with Gasteiger partial charge in [-0.3, -0.25) is 8.42 Å². The molecule has 0 aromatic carbocycles. The van der Waals surface area contributed by atoms with Crippen LogP contribution in [0.5, 0.6) is 0 Å². The lowest BCUT2D eigenvalue weighted by atomic mass is 10.6. The van der Waals surface area contributed by atoms with Gasteiger partial charge >= 0.3 is 0 Å². The second-order valence-electron chi connectivity index (χ2n) is 2.06. The fourth-order valence-corrected chi connectivity index (χ4v) is 2.06. The minimum Gasteiger partial charge on any atom is -0.260 e. The highest BCUT2D eigenvalue weighted by molar-refractivity contribution is 7.85. The molecule has 0 bridgehead atoms. The van der Waals surface area contributed by atoms with E-state index >= 15 is 0 Å². The second kappa shape index (κ2) is 6.04. The van der Waals surface area contributed by atoms with E-state index in [2.05, 4.69) is 0 Å². The first kappa shape index (κ1) is 10.3. The summed E-state index contributed by atoms with van der Waals surface area (Å²) in [4.78, 5) is 0. The van der Waals surface area contributed by atoms with Crippen LogP contribution in [0.4, 0.5) is 0 Å². The lowest BCUT2D eigenvalue weighted by molar-refractivity contribution is 0.680. The predicted octanol–water partition coefficient (Wildman–Crippen LogP) is 0.524. The summed E-state index contributed by atoms with van der Waals surface area (Å²) in [7, 11) is -1.40. The van der Waals surface area contributed by atoms with Crippen molar-refractivity contribution >= 4 is 21.6 Å². The SMILES string of the molecule is CCS(=O)CCCS(C)=O. The Bertz CT molecular complexity index is 134. The largest absolute Gasteiger partial charge is 0.260 e. The van der Waals surface area contributed by atoms with Crippen LogP contribution in [0.1, 0.15) is 13.3 Å². The van der Waals surface area contributed by atoms with Gasteiger partial charge in [-0.15, -0.1) is 0 Å². The van der Waals surface area contributed by atoms with Crippen LogP contribution in [0.15, 0.2) is 0 Å². The Kier molecular flexibility index (Phi) is 6.22. The van der Waals surface area contributed by atoms with Gasteiger partial charge in [0.1, 0.15) is 0 Å². The van der Waals surface area contributed by atoms with Crippen molar-refractivity contribution in [2.75, 3.05) is 23.5 Å². The van der Waals surface area contributed by atoms with E-state index in [9.17, 15) is 8.42 Å². The molecule has 0 rings (SSSR count). The fraction of sp³-hybridized carbons (Fsp3) is 1.00. The Hall–Kier alpha value is 0.300. The van der Waals surface area contributed by atoms with E-state index in [1.807, 2.05) is 6.92 Å². The first-order valence-electron chi connectivity index (χ1n) is 3.31. The van der Waals surface area contributed by atoms with Crippen LogP contribution in [0.2, 0.25) is 0 Å². The molecule has 2 unspecified atom stereocenters. The summed E-state index contributed by atoms with van der Waals surface area (Å²) in [5, 5.41) is 0. The smallest absolute Gasteiger partial charge is 0.0243 e. The summed E-state index contributed by atoms with van der Waals surface area (Å²) in [6, 6.07) is 0. The van der Waals surface area contributed by atoms with Gasteiger partial charge in [0.25, 0.3) is 0 Å². The number of hydrogen-bond donors (Lipinski definition) is 0. The zero-order chi connectivity index (χ0) is 7.98. The maximum atomic E-state index is 10.8. The monoisotopic (exact) mass is 182 g/mol. The van der Waals surface area contributed by atoms with E-state index in [0.717, 1.165) is 12.2 Å². The summed E-state index contributed by atoms with van der Waals surface area (Å²) >= 11 is 0. The lowest BCUT2D eigenvalue weighted by Crippen LogP contribution is -2.04. The van der Waals surface area contributed by atoms with Crippen molar-refractivity contribution in [1.29, 1.82) is 0 Å². The van der Waals surface area contributed by atoms with Crippen molar-refractivity contribution in [3.63, 3.8) is 0 Å². The molecule has 0 heterocycles. The summed E-state index contributed by atoms with van der Waals surface area (Å²) in [5.74, 6) is 2.11. The Morgan fingerprint density at radius 2 is 1.80 bits per heavy atom. The van der Waals surface area contributed by atoms with E-state index in [0.29, 0.717) is 11.5 Å². The molecule has 0 aliphatic heterocycles. The molecule has 10 heavy (non-hydrogen) atoms. The molecule has 0 aliphatic rings. The molecule has 62 valence electrons. The summed E-state index contributed by atoms with van der Waals surface area (Å²) in [5.41, 5.74) is 0. The first-order chi connectivity index (χ1) is 4.66. The molecular weight excluding hydrogens is 168 g/mol. The fourth-order valence-electron chi connectivity index (χ4n) is 0.568. The summed E-state index contributed by atoms with van der Waals surface area (Å²) in [6.07, 6.45) is 2.50. The van der Waals surface area contributed by atoms with Gasteiger partial charge in [0.2, 0.25) is 0 Å². The predicted molar refractivity (Wildman–Crippen MR) is 47.1 cm³/mol. The standard InChI is InChI=1S/C6H14O2S2/c1-3-10(8)6-4-5-9(2)7/h3-6H2,1-2H3. The molecule has 0 radical (unpaired) electrons. The molecule has 0 aromatic heterocycles. The molecule has 4 heteroatoms. The first-order valence-corrected chi connectivity index (χ1v) is 6.53. The third-order valence-corrected chi connectivity index (χ3v) is 3.38. The van der Waals surface area contributed by atoms with Crippen LogP contribution in [0, 0.1) is 0 Å². The zero-order valence-electron chi connectivity index (χ0n) is 6.46. The quantitative estimate of drug-likeness (QED) is 0.621. The minimum atomic E-state index is -0.718. The summed E-state index contributed by atoms with van der Waals surface area (Å²) < 4.78 is 21.3. The lowest BCUT2D eigenvalue weighted by Gasteiger charge is -1.95. The Morgan fingerprint density at radius 1 is 1.20 bits per heavy atom. The molecule has 2 nitrogen and oxygen atoms in total. The van der Waals surface area contributed by atoms with Crippen molar-refractivity contribution in [1.82, 2.24) is 0 Å². The van der Waals surface area contributed by atoms with Gasteiger partial charge in [0, 0.05) is 45.1 Å². The molecular formula is C6H14O2S2. The van der Waals surface area contributed by atoms with Crippen LogP contribution in [-0.2, 0) is 21.6 Å². The number of hydrogen-bond acceptors (Lipinski definition) is 2. The Labute approximate surface area is 67.3 Å². The van der Waals surface area contributed by atoms with Gasteiger partial charge in [-0.1, -0.05) is 6.92 Å². The zero-order valence-corrected chi connectivity index (χ0v) is 8.09. The second-order valence-corrected chi connectivity index (χ2v) is 5.48. The molecule has 0 aliphatic carbocycles. The molecule has 0 amide bonds. The Balaban J connectivity index is 3.20. The van der Waals surface area contributed by atoms with Gasteiger partial charge in [0.05, 0.1) is 0 Å². The van der Waals surface area contributed by atoms with Gasteiger partial charge in [-0.2, -0.15) is 0 Å². The van der Waals surface area contributed by atoms with E-state index < -0.39 is 21.6 Å². The highest BCUT2D eigenvalue weighted by Crippen LogP contribution is 1.89. The van der Waals surface area contributed by atoms with Crippen molar-refractivity contribution in [3.8, 4) is 0 Å². The third kappa shape index (κ3) is 6.42. The van der Waals surface area contributed by atoms with Crippen LogP contribution in [-0.4, -0.2) is 31.9 Å². The number of rotatable bonds is 5. The van der Waals surface area contributed by atoms with Crippen LogP contribution in [0.3, 0.4) is 0 Å². The van der Waals surface area contributed by atoms with Crippen molar-refractivity contribution in [2.24, 2.45) is 0 Å². The summed E-state index contributed by atoms with van der Waals surface area (Å²) in [6.45, 7) is 1.90. The molecule has 2 atom stereocenters. The van der Waals surface area contributed by atoms with Crippen molar-refractivity contribution in [2.45, 2.75) is 13.3 Å². The maximum Gasteiger partial charge on any atom is 0.0243 e.